The molecule has 0 fully saturated rings. The normalized spacial score (nSPS) is 15.9. The monoisotopic (exact) mass is 408 g/mol. The van der Waals surface area contributed by atoms with Crippen LogP contribution >= 0.6 is 0 Å². The van der Waals surface area contributed by atoms with E-state index in [1.807, 2.05) is 25.1 Å². The van der Waals surface area contributed by atoms with Crippen molar-refractivity contribution < 1.29 is 17.9 Å². The molecule has 1 heterocycles. The fraction of sp³-hybridized carbons (Fsp3) is 0.136. The Balaban J connectivity index is 1.68. The second kappa shape index (κ2) is 7.60. The largest absolute Gasteiger partial charge is 0.476 e. The van der Waals surface area contributed by atoms with Crippen LogP contribution in [0.3, 0.4) is 0 Å². The molecule has 1 amide bonds. The number of fused-ring (bicyclic) bond motifs is 1. The highest BCUT2D eigenvalue weighted by Gasteiger charge is 2.37. The Morgan fingerprint density at radius 3 is 2.38 bits per heavy atom. The Morgan fingerprint density at radius 2 is 1.62 bits per heavy atom. The average Bonchev–Trinajstić information content (AvgIpc) is 2.75. The minimum atomic E-state index is -3.85. The summed E-state index contributed by atoms with van der Waals surface area (Å²) >= 11 is 0. The molecular weight excluding hydrogens is 388 g/mol. The Kier molecular flexibility index (Phi) is 4.98. The van der Waals surface area contributed by atoms with Crippen molar-refractivity contribution in [2.75, 3.05) is 16.2 Å². The summed E-state index contributed by atoms with van der Waals surface area (Å²) in [6.45, 7) is 1.77. The van der Waals surface area contributed by atoms with Gasteiger partial charge in [-0.1, -0.05) is 48.5 Å². The SMILES string of the molecule is Cc1ccccc1NC(=O)C1CN(S(=O)(=O)c2ccccc2)c2ccccc2O1. The number of nitrogens with zero attached hydrogens (tertiary/aromatic N) is 1. The summed E-state index contributed by atoms with van der Waals surface area (Å²) in [5.41, 5.74) is 1.99. The standard InChI is InChI=1S/C22H20N2O4S/c1-16-9-5-6-12-18(16)23-22(25)21-15-24(19-13-7-8-14-20(19)28-21)29(26,27)17-10-3-2-4-11-17/h2-14,21H,15H2,1H3,(H,23,25). The number of carbonyl (C=O) groups excluding carboxylic acids is 1. The van der Waals surface area contributed by atoms with Gasteiger partial charge in [0.15, 0.2) is 6.10 Å². The molecule has 29 heavy (non-hydrogen) atoms. The molecule has 0 radical (unpaired) electrons. The van der Waals surface area contributed by atoms with Gasteiger partial charge in [0.1, 0.15) is 5.75 Å². The predicted molar refractivity (Wildman–Crippen MR) is 112 cm³/mol. The lowest BCUT2D eigenvalue weighted by atomic mass is 10.2. The van der Waals surface area contributed by atoms with Crippen LogP contribution in [0.15, 0.2) is 83.8 Å². The van der Waals surface area contributed by atoms with Crippen LogP contribution in [0.2, 0.25) is 0 Å². The molecule has 1 aliphatic heterocycles. The van der Waals surface area contributed by atoms with E-state index in [1.165, 1.54) is 16.4 Å². The fourth-order valence-electron chi connectivity index (χ4n) is 3.21. The smallest absolute Gasteiger partial charge is 0.267 e. The number of sulfonamides is 1. The first-order valence-corrected chi connectivity index (χ1v) is 10.6. The van der Waals surface area contributed by atoms with E-state index in [1.54, 1.807) is 48.5 Å². The molecule has 0 aromatic heterocycles. The van der Waals surface area contributed by atoms with Gasteiger partial charge < -0.3 is 10.1 Å². The third-order valence-corrected chi connectivity index (χ3v) is 6.56. The van der Waals surface area contributed by atoms with E-state index in [4.69, 9.17) is 4.74 Å². The van der Waals surface area contributed by atoms with Crippen molar-refractivity contribution in [2.45, 2.75) is 17.9 Å². The maximum absolute atomic E-state index is 13.3. The summed E-state index contributed by atoms with van der Waals surface area (Å²) in [6.07, 6.45) is -0.983. The van der Waals surface area contributed by atoms with Crippen molar-refractivity contribution in [3.63, 3.8) is 0 Å². The first-order chi connectivity index (χ1) is 14.0. The Morgan fingerprint density at radius 1 is 0.966 bits per heavy atom. The Labute approximate surface area is 169 Å². The second-order valence-corrected chi connectivity index (χ2v) is 8.59. The number of aryl methyl sites for hydroxylation is 1. The third-order valence-electron chi connectivity index (χ3n) is 4.76. The number of benzene rings is 3. The molecular formula is C22H20N2O4S. The topological polar surface area (TPSA) is 75.7 Å². The lowest BCUT2D eigenvalue weighted by Crippen LogP contribution is -2.48. The zero-order chi connectivity index (χ0) is 20.4. The van der Waals surface area contributed by atoms with E-state index in [-0.39, 0.29) is 11.4 Å². The molecule has 1 N–H and O–H groups in total. The van der Waals surface area contributed by atoms with E-state index in [2.05, 4.69) is 5.32 Å². The predicted octanol–water partition coefficient (Wildman–Crippen LogP) is 3.59. The van der Waals surface area contributed by atoms with Crippen molar-refractivity contribution in [1.29, 1.82) is 0 Å². The summed E-state index contributed by atoms with van der Waals surface area (Å²) in [4.78, 5) is 13.0. The molecule has 1 unspecified atom stereocenters. The zero-order valence-corrected chi connectivity index (χ0v) is 16.6. The van der Waals surface area contributed by atoms with Crippen LogP contribution in [-0.4, -0.2) is 27.0 Å². The van der Waals surface area contributed by atoms with E-state index < -0.39 is 22.0 Å². The maximum atomic E-state index is 13.3. The van der Waals surface area contributed by atoms with E-state index in [9.17, 15) is 13.2 Å². The Bertz CT molecular complexity index is 1150. The quantitative estimate of drug-likeness (QED) is 0.716. The van der Waals surface area contributed by atoms with Gasteiger partial charge in [0.25, 0.3) is 15.9 Å². The number of rotatable bonds is 4. The highest BCUT2D eigenvalue weighted by Crippen LogP contribution is 2.37. The number of amides is 1. The average molecular weight is 408 g/mol. The zero-order valence-electron chi connectivity index (χ0n) is 15.8. The van der Waals surface area contributed by atoms with Crippen LogP contribution in [0.4, 0.5) is 11.4 Å². The number of nitrogens with one attached hydrogen (secondary N) is 1. The number of ether oxygens (including phenoxy) is 1. The summed E-state index contributed by atoms with van der Waals surface area (Å²) in [6, 6.07) is 22.4. The van der Waals surface area contributed by atoms with Gasteiger partial charge in [-0.15, -0.1) is 0 Å². The third kappa shape index (κ3) is 3.69. The minimum absolute atomic E-state index is 0.119. The summed E-state index contributed by atoms with van der Waals surface area (Å²) < 4.78 is 33.6. The van der Waals surface area contributed by atoms with Crippen molar-refractivity contribution in [3.8, 4) is 5.75 Å². The first-order valence-electron chi connectivity index (χ1n) is 9.17. The molecule has 148 valence electrons. The maximum Gasteiger partial charge on any atom is 0.267 e. The lowest BCUT2D eigenvalue weighted by Gasteiger charge is -2.34. The van der Waals surface area contributed by atoms with Gasteiger partial charge in [-0.25, -0.2) is 8.42 Å². The number of carbonyl (C=O) groups is 1. The summed E-state index contributed by atoms with van der Waals surface area (Å²) in [7, 11) is -3.85. The number of anilines is 2. The minimum Gasteiger partial charge on any atom is -0.476 e. The molecule has 0 saturated heterocycles. The second-order valence-electron chi connectivity index (χ2n) is 6.73. The van der Waals surface area contributed by atoms with Crippen LogP contribution in [0.1, 0.15) is 5.56 Å². The van der Waals surface area contributed by atoms with Gasteiger partial charge in [0.05, 0.1) is 17.1 Å². The summed E-state index contributed by atoms with van der Waals surface area (Å²) in [5.74, 6) is -0.0507. The molecule has 1 aliphatic rings. The molecule has 1 atom stereocenters. The van der Waals surface area contributed by atoms with Crippen LogP contribution < -0.4 is 14.4 Å². The highest BCUT2D eigenvalue weighted by molar-refractivity contribution is 7.92. The van der Waals surface area contributed by atoms with E-state index in [0.717, 1.165) is 5.56 Å². The first kappa shape index (κ1) is 19.0. The molecule has 0 bridgehead atoms. The van der Waals surface area contributed by atoms with Crippen LogP contribution in [0.25, 0.3) is 0 Å². The number of hydrogen-bond acceptors (Lipinski definition) is 4. The molecule has 0 aliphatic carbocycles. The number of hydrogen-bond donors (Lipinski definition) is 1. The van der Waals surface area contributed by atoms with E-state index >= 15 is 0 Å². The number of para-hydroxylation sites is 3. The van der Waals surface area contributed by atoms with Crippen molar-refractivity contribution in [2.24, 2.45) is 0 Å². The molecule has 6 nitrogen and oxygen atoms in total. The molecule has 7 heteroatoms. The van der Waals surface area contributed by atoms with Crippen LogP contribution in [-0.2, 0) is 14.8 Å². The highest BCUT2D eigenvalue weighted by atomic mass is 32.2. The summed E-state index contributed by atoms with van der Waals surface area (Å²) in [5, 5.41) is 2.84. The molecule has 0 saturated carbocycles. The van der Waals surface area contributed by atoms with Crippen LogP contribution in [0, 0.1) is 6.92 Å². The fourth-order valence-corrected chi connectivity index (χ4v) is 4.71. The molecule has 3 aromatic carbocycles. The molecule has 4 rings (SSSR count). The van der Waals surface area contributed by atoms with E-state index in [0.29, 0.717) is 17.1 Å². The Hall–Kier alpha value is -3.32. The van der Waals surface area contributed by atoms with Gasteiger partial charge in [0, 0.05) is 5.69 Å². The van der Waals surface area contributed by atoms with Gasteiger partial charge in [0.2, 0.25) is 0 Å². The van der Waals surface area contributed by atoms with Crippen molar-refractivity contribution in [1.82, 2.24) is 0 Å². The van der Waals surface area contributed by atoms with Crippen molar-refractivity contribution in [3.05, 3.63) is 84.4 Å². The molecule has 0 spiro atoms. The van der Waals surface area contributed by atoms with Gasteiger partial charge in [-0.05, 0) is 42.8 Å². The van der Waals surface area contributed by atoms with Gasteiger partial charge in [-0.3, -0.25) is 9.10 Å². The van der Waals surface area contributed by atoms with Gasteiger partial charge >= 0.3 is 0 Å². The molecule has 3 aromatic rings. The van der Waals surface area contributed by atoms with Crippen molar-refractivity contribution >= 4 is 27.3 Å². The van der Waals surface area contributed by atoms with Crippen LogP contribution in [0.5, 0.6) is 5.75 Å². The van der Waals surface area contributed by atoms with Gasteiger partial charge in [-0.2, -0.15) is 0 Å². The lowest BCUT2D eigenvalue weighted by molar-refractivity contribution is -0.122.